The number of fused-ring (bicyclic) bond motifs is 2. The number of hydrogen-bond acceptors (Lipinski definition) is 7. The molecule has 2 saturated heterocycles. The molecule has 0 N–H and O–H groups in total. The van der Waals surface area contributed by atoms with Crippen molar-refractivity contribution in [1.29, 1.82) is 0 Å². The van der Waals surface area contributed by atoms with E-state index in [-0.39, 0.29) is 12.6 Å². The molecule has 0 bridgehead atoms. The van der Waals surface area contributed by atoms with Gasteiger partial charge < -0.3 is 28.4 Å². The van der Waals surface area contributed by atoms with Crippen LogP contribution in [0.1, 0.15) is 40.7 Å². The lowest BCUT2D eigenvalue weighted by Gasteiger charge is -2.51. The van der Waals surface area contributed by atoms with Gasteiger partial charge in [0.1, 0.15) is 12.5 Å². The van der Waals surface area contributed by atoms with Gasteiger partial charge in [0.15, 0.2) is 17.5 Å². The molecule has 2 atom stereocenters. The molecule has 2 aliphatic heterocycles. The normalized spacial score (nSPS) is 26.4. The summed E-state index contributed by atoms with van der Waals surface area (Å²) >= 11 is 0. The lowest BCUT2D eigenvalue weighted by molar-refractivity contribution is -0.309. The van der Waals surface area contributed by atoms with E-state index in [0.29, 0.717) is 49.7 Å². The van der Waals surface area contributed by atoms with E-state index in [1.54, 1.807) is 19.2 Å². The molecule has 0 amide bonds. The predicted octanol–water partition coefficient (Wildman–Crippen LogP) is 3.59. The third-order valence-electron chi connectivity index (χ3n) is 6.44. The van der Waals surface area contributed by atoms with Crippen LogP contribution in [0.5, 0.6) is 5.75 Å². The van der Waals surface area contributed by atoms with Crippen LogP contribution in [0.2, 0.25) is 0 Å². The van der Waals surface area contributed by atoms with Gasteiger partial charge in [-0.15, -0.1) is 0 Å². The van der Waals surface area contributed by atoms with Crippen LogP contribution in [-0.4, -0.2) is 51.2 Å². The summed E-state index contributed by atoms with van der Waals surface area (Å²) in [6, 6.07) is 15.3. The molecule has 3 aliphatic rings. The summed E-state index contributed by atoms with van der Waals surface area (Å²) < 4.78 is 36.4. The second kappa shape index (κ2) is 8.92. The average Bonchev–Trinajstić information content (AvgIpc) is 3.33. The fourth-order valence-electron chi connectivity index (χ4n) is 5.06. The maximum Gasteiger partial charge on any atom is 0.230 e. The quantitative estimate of drug-likeness (QED) is 0.502. The van der Waals surface area contributed by atoms with Gasteiger partial charge in [-0.05, 0) is 30.9 Å². The van der Waals surface area contributed by atoms with E-state index in [1.807, 2.05) is 36.4 Å². The molecule has 2 aromatic carbocycles. The number of ketones is 1. The molecule has 2 spiro atoms. The van der Waals surface area contributed by atoms with Gasteiger partial charge in [-0.1, -0.05) is 42.5 Å². The number of methoxy groups -OCH3 is 1. The minimum Gasteiger partial charge on any atom is -0.496 e. The standard InChI is InChI=1S/C25H28O7/c1-27-20-11-7-10-19-21(20)25(31-14-15-32-25)23(24(22(19)26)12-5-6-13-30-24)29-17-28-16-18-8-3-2-4-9-18/h2-4,7-11,23H,5-6,12-17H2,1H3/t23-,24+/m0/s1. The van der Waals surface area contributed by atoms with E-state index in [0.717, 1.165) is 18.4 Å². The first kappa shape index (κ1) is 21.6. The van der Waals surface area contributed by atoms with Crippen molar-refractivity contribution in [2.75, 3.05) is 33.7 Å². The highest BCUT2D eigenvalue weighted by molar-refractivity contribution is 6.06. The number of benzene rings is 2. The Kier molecular flexibility index (Phi) is 6.01. The first-order valence-electron chi connectivity index (χ1n) is 11.1. The smallest absolute Gasteiger partial charge is 0.230 e. The zero-order valence-corrected chi connectivity index (χ0v) is 18.2. The lowest BCUT2D eigenvalue weighted by Crippen LogP contribution is -2.66. The van der Waals surface area contributed by atoms with Gasteiger partial charge in [0, 0.05) is 12.2 Å². The predicted molar refractivity (Wildman–Crippen MR) is 114 cm³/mol. The van der Waals surface area contributed by atoms with Crippen LogP contribution in [-0.2, 0) is 36.1 Å². The van der Waals surface area contributed by atoms with E-state index >= 15 is 0 Å². The number of hydrogen-bond donors (Lipinski definition) is 0. The molecule has 7 nitrogen and oxygen atoms in total. The van der Waals surface area contributed by atoms with Gasteiger partial charge >= 0.3 is 0 Å². The molecular formula is C25H28O7. The fourth-order valence-corrected chi connectivity index (χ4v) is 5.06. The topological polar surface area (TPSA) is 72.5 Å². The van der Waals surface area contributed by atoms with Crippen LogP contribution < -0.4 is 4.74 Å². The number of Topliss-reactive ketones (excluding diaryl/α,β-unsaturated/α-hetero) is 1. The third kappa shape index (κ3) is 3.45. The van der Waals surface area contributed by atoms with Gasteiger partial charge in [0.05, 0.1) is 32.5 Å². The first-order chi connectivity index (χ1) is 15.7. The zero-order valence-electron chi connectivity index (χ0n) is 18.2. The monoisotopic (exact) mass is 440 g/mol. The largest absolute Gasteiger partial charge is 0.496 e. The molecular weight excluding hydrogens is 412 g/mol. The summed E-state index contributed by atoms with van der Waals surface area (Å²) in [6.45, 7) is 1.60. The molecule has 0 radical (unpaired) electrons. The molecule has 170 valence electrons. The van der Waals surface area contributed by atoms with Crippen molar-refractivity contribution >= 4 is 5.78 Å². The van der Waals surface area contributed by atoms with Gasteiger partial charge in [-0.2, -0.15) is 0 Å². The van der Waals surface area contributed by atoms with Crippen LogP contribution in [0, 0.1) is 0 Å². The van der Waals surface area contributed by atoms with E-state index in [2.05, 4.69) is 0 Å². The Morgan fingerprint density at radius 3 is 2.50 bits per heavy atom. The SMILES string of the molecule is COc1cccc2c1C1(OCCO1)[C@@H](OCOCc1ccccc1)[C@@]1(CCCCO1)C2=O. The second-order valence-corrected chi connectivity index (χ2v) is 8.27. The highest BCUT2D eigenvalue weighted by Gasteiger charge is 2.67. The number of carbonyl (C=O) groups excluding carboxylic acids is 1. The highest BCUT2D eigenvalue weighted by Crippen LogP contribution is 2.53. The maximum absolute atomic E-state index is 13.9. The Morgan fingerprint density at radius 1 is 0.969 bits per heavy atom. The van der Waals surface area contributed by atoms with E-state index < -0.39 is 17.5 Å². The molecule has 32 heavy (non-hydrogen) atoms. The Bertz CT molecular complexity index is 946. The Morgan fingerprint density at radius 2 is 1.78 bits per heavy atom. The summed E-state index contributed by atoms with van der Waals surface area (Å²) in [5.74, 6) is -0.894. The second-order valence-electron chi connectivity index (χ2n) is 8.27. The van der Waals surface area contributed by atoms with Crippen LogP contribution in [0.15, 0.2) is 48.5 Å². The number of rotatable bonds is 6. The zero-order chi connectivity index (χ0) is 22.0. The van der Waals surface area contributed by atoms with E-state index in [1.165, 1.54) is 0 Å². The van der Waals surface area contributed by atoms with Crippen LogP contribution >= 0.6 is 0 Å². The lowest BCUT2D eigenvalue weighted by atomic mass is 9.69. The van der Waals surface area contributed by atoms with Gasteiger partial charge in [0.25, 0.3) is 0 Å². The van der Waals surface area contributed by atoms with Gasteiger partial charge in [-0.25, -0.2) is 0 Å². The van der Waals surface area contributed by atoms with Crippen LogP contribution in [0.3, 0.4) is 0 Å². The van der Waals surface area contributed by atoms with Crippen molar-refractivity contribution in [3.63, 3.8) is 0 Å². The van der Waals surface area contributed by atoms with Gasteiger partial charge in [0.2, 0.25) is 5.79 Å². The molecule has 2 heterocycles. The van der Waals surface area contributed by atoms with Crippen molar-refractivity contribution in [3.8, 4) is 5.75 Å². The maximum atomic E-state index is 13.9. The summed E-state index contributed by atoms with van der Waals surface area (Å²) in [7, 11) is 1.57. The van der Waals surface area contributed by atoms with Crippen molar-refractivity contribution in [1.82, 2.24) is 0 Å². The van der Waals surface area contributed by atoms with Crippen molar-refractivity contribution in [3.05, 3.63) is 65.2 Å². The van der Waals surface area contributed by atoms with Gasteiger partial charge in [-0.3, -0.25) is 4.79 Å². The Labute approximate surface area is 187 Å². The van der Waals surface area contributed by atoms with Crippen LogP contribution in [0.4, 0.5) is 0 Å². The Balaban J connectivity index is 1.51. The Hall–Kier alpha value is -2.29. The van der Waals surface area contributed by atoms with Crippen LogP contribution in [0.25, 0.3) is 0 Å². The summed E-state index contributed by atoms with van der Waals surface area (Å²) in [4.78, 5) is 13.9. The van der Waals surface area contributed by atoms with Crippen molar-refractivity contribution < 1.29 is 33.2 Å². The molecule has 2 aromatic rings. The molecule has 0 aromatic heterocycles. The summed E-state index contributed by atoms with van der Waals surface area (Å²) in [6.07, 6.45) is 1.45. The minimum atomic E-state index is -1.30. The highest BCUT2D eigenvalue weighted by atomic mass is 16.8. The van der Waals surface area contributed by atoms with E-state index in [9.17, 15) is 4.79 Å². The van der Waals surface area contributed by atoms with E-state index in [4.69, 9.17) is 28.4 Å². The number of carbonyl (C=O) groups is 1. The molecule has 5 rings (SSSR count). The van der Waals surface area contributed by atoms with Crippen molar-refractivity contribution in [2.24, 2.45) is 0 Å². The minimum absolute atomic E-state index is 0.0308. The fraction of sp³-hybridized carbons (Fsp3) is 0.480. The van der Waals surface area contributed by atoms with Crippen molar-refractivity contribution in [2.45, 2.75) is 43.4 Å². The molecule has 0 unspecified atom stereocenters. The molecule has 0 saturated carbocycles. The third-order valence-corrected chi connectivity index (χ3v) is 6.44. The molecule has 7 heteroatoms. The average molecular weight is 440 g/mol. The first-order valence-corrected chi connectivity index (χ1v) is 11.1. The number of ether oxygens (including phenoxy) is 6. The summed E-state index contributed by atoms with van der Waals surface area (Å²) in [5.41, 5.74) is 0.906. The molecule has 2 fully saturated rings. The molecule has 1 aliphatic carbocycles. The summed E-state index contributed by atoms with van der Waals surface area (Å²) in [5, 5.41) is 0.